The molecule has 2 aromatic carbocycles. The molecule has 2 aliphatic rings. The SMILES string of the molecule is Cc1ccc(F)c(C(=O)N2CCC3(CC2)NCCN3Cc2ccccc2)c1Cl. The third-order valence-corrected chi connectivity index (χ3v) is 6.52. The van der Waals surface area contributed by atoms with Crippen LogP contribution >= 0.6 is 11.6 Å². The van der Waals surface area contributed by atoms with E-state index in [0.29, 0.717) is 18.7 Å². The largest absolute Gasteiger partial charge is 0.338 e. The predicted octanol–water partition coefficient (Wildman–Crippen LogP) is 3.83. The van der Waals surface area contributed by atoms with E-state index in [4.69, 9.17) is 11.6 Å². The number of halogens is 2. The van der Waals surface area contributed by atoms with E-state index in [-0.39, 0.29) is 22.2 Å². The van der Waals surface area contributed by atoms with Gasteiger partial charge in [-0.1, -0.05) is 48.0 Å². The van der Waals surface area contributed by atoms with Crippen molar-refractivity contribution in [2.24, 2.45) is 0 Å². The maximum atomic E-state index is 14.3. The van der Waals surface area contributed by atoms with E-state index in [1.165, 1.54) is 11.6 Å². The summed E-state index contributed by atoms with van der Waals surface area (Å²) in [6.07, 6.45) is 1.63. The Bertz CT molecular complexity index is 866. The molecule has 1 N–H and O–H groups in total. The summed E-state index contributed by atoms with van der Waals surface area (Å²) in [6.45, 7) is 5.77. The van der Waals surface area contributed by atoms with Gasteiger partial charge >= 0.3 is 0 Å². The number of nitrogens with zero attached hydrogens (tertiary/aromatic N) is 2. The minimum Gasteiger partial charge on any atom is -0.338 e. The number of benzene rings is 2. The van der Waals surface area contributed by atoms with Crippen molar-refractivity contribution < 1.29 is 9.18 Å². The Morgan fingerprint density at radius 3 is 2.57 bits per heavy atom. The first-order valence-electron chi connectivity index (χ1n) is 9.78. The molecule has 2 fully saturated rings. The van der Waals surface area contributed by atoms with Gasteiger partial charge in [-0.3, -0.25) is 15.0 Å². The molecular formula is C22H25ClFN3O. The Hall–Kier alpha value is -1.95. The summed E-state index contributed by atoms with van der Waals surface area (Å²) in [6, 6.07) is 13.4. The van der Waals surface area contributed by atoms with Crippen molar-refractivity contribution in [1.29, 1.82) is 0 Å². The molecule has 4 rings (SSSR count). The molecule has 28 heavy (non-hydrogen) atoms. The molecule has 4 nitrogen and oxygen atoms in total. The summed E-state index contributed by atoms with van der Waals surface area (Å²) in [5.41, 5.74) is 1.91. The first-order valence-corrected chi connectivity index (χ1v) is 10.2. The van der Waals surface area contributed by atoms with E-state index in [1.54, 1.807) is 17.9 Å². The van der Waals surface area contributed by atoms with Gasteiger partial charge in [-0.25, -0.2) is 4.39 Å². The van der Waals surface area contributed by atoms with Gasteiger partial charge in [0, 0.05) is 32.7 Å². The summed E-state index contributed by atoms with van der Waals surface area (Å²) in [5, 5.41) is 3.88. The second-order valence-electron chi connectivity index (χ2n) is 7.71. The second-order valence-corrected chi connectivity index (χ2v) is 8.09. The van der Waals surface area contributed by atoms with Crippen LogP contribution in [0.15, 0.2) is 42.5 Å². The average Bonchev–Trinajstić information content (AvgIpc) is 3.08. The lowest BCUT2D eigenvalue weighted by Crippen LogP contribution is -2.58. The summed E-state index contributed by atoms with van der Waals surface area (Å²) in [7, 11) is 0. The lowest BCUT2D eigenvalue weighted by atomic mass is 9.94. The van der Waals surface area contributed by atoms with Gasteiger partial charge in [0.25, 0.3) is 5.91 Å². The highest BCUT2D eigenvalue weighted by Gasteiger charge is 2.43. The summed E-state index contributed by atoms with van der Waals surface area (Å²) in [4.78, 5) is 17.1. The van der Waals surface area contributed by atoms with Gasteiger partial charge in [-0.2, -0.15) is 0 Å². The molecule has 2 aliphatic heterocycles. The minimum atomic E-state index is -0.550. The first kappa shape index (κ1) is 19.4. The van der Waals surface area contributed by atoms with Gasteiger partial charge in [0.2, 0.25) is 0 Å². The Morgan fingerprint density at radius 1 is 1.14 bits per heavy atom. The standard InChI is InChI=1S/C22H25ClFN3O/c1-16-7-8-18(24)19(20(16)23)21(28)26-12-9-22(10-13-26)25-11-14-27(22)15-17-5-3-2-4-6-17/h2-8,25H,9-15H2,1H3. The van der Waals surface area contributed by atoms with E-state index in [0.717, 1.165) is 32.5 Å². The van der Waals surface area contributed by atoms with Crippen molar-refractivity contribution in [2.45, 2.75) is 32.0 Å². The maximum absolute atomic E-state index is 14.3. The van der Waals surface area contributed by atoms with E-state index >= 15 is 0 Å². The zero-order valence-electron chi connectivity index (χ0n) is 16.0. The molecule has 0 radical (unpaired) electrons. The molecule has 148 valence electrons. The van der Waals surface area contributed by atoms with Gasteiger partial charge in [-0.05, 0) is 37.0 Å². The van der Waals surface area contributed by atoms with Crippen LogP contribution in [0.1, 0.15) is 34.3 Å². The van der Waals surface area contributed by atoms with E-state index in [1.807, 2.05) is 6.07 Å². The Labute approximate surface area is 170 Å². The van der Waals surface area contributed by atoms with Crippen molar-refractivity contribution in [2.75, 3.05) is 26.2 Å². The van der Waals surface area contributed by atoms with Crippen molar-refractivity contribution in [1.82, 2.24) is 15.1 Å². The zero-order valence-corrected chi connectivity index (χ0v) is 16.8. The van der Waals surface area contributed by atoms with Gasteiger partial charge in [-0.15, -0.1) is 0 Å². The van der Waals surface area contributed by atoms with Crippen LogP contribution in [0.2, 0.25) is 5.02 Å². The third-order valence-electron chi connectivity index (χ3n) is 6.03. The number of carbonyl (C=O) groups excluding carboxylic acids is 1. The number of hydrogen-bond acceptors (Lipinski definition) is 3. The summed E-state index contributed by atoms with van der Waals surface area (Å²) >= 11 is 6.24. The summed E-state index contributed by atoms with van der Waals surface area (Å²) in [5.74, 6) is -0.862. The molecule has 0 unspecified atom stereocenters. The first-order chi connectivity index (χ1) is 13.5. The molecule has 2 saturated heterocycles. The number of amides is 1. The molecule has 0 saturated carbocycles. The minimum absolute atomic E-state index is 0.00172. The number of likely N-dealkylation sites (tertiary alicyclic amines) is 1. The maximum Gasteiger partial charge on any atom is 0.258 e. The lowest BCUT2D eigenvalue weighted by molar-refractivity contribution is 0.0287. The van der Waals surface area contributed by atoms with Crippen molar-refractivity contribution in [3.63, 3.8) is 0 Å². The van der Waals surface area contributed by atoms with Crippen LogP contribution in [-0.2, 0) is 6.54 Å². The monoisotopic (exact) mass is 401 g/mol. The molecule has 0 aromatic heterocycles. The topological polar surface area (TPSA) is 35.6 Å². The highest BCUT2D eigenvalue weighted by atomic mass is 35.5. The second kappa shape index (κ2) is 7.82. The molecule has 2 aromatic rings. The molecule has 0 bridgehead atoms. The van der Waals surface area contributed by atoms with Crippen LogP contribution in [0, 0.1) is 12.7 Å². The van der Waals surface area contributed by atoms with Crippen molar-refractivity contribution >= 4 is 17.5 Å². The van der Waals surface area contributed by atoms with E-state index in [2.05, 4.69) is 34.5 Å². The lowest BCUT2D eigenvalue weighted by Gasteiger charge is -2.45. The summed E-state index contributed by atoms with van der Waals surface area (Å²) < 4.78 is 14.3. The molecular weight excluding hydrogens is 377 g/mol. The fraction of sp³-hybridized carbons (Fsp3) is 0.409. The smallest absolute Gasteiger partial charge is 0.258 e. The van der Waals surface area contributed by atoms with Crippen molar-refractivity contribution in [3.8, 4) is 0 Å². The quantitative estimate of drug-likeness (QED) is 0.849. The number of hydrogen-bond donors (Lipinski definition) is 1. The molecule has 1 amide bonds. The number of aryl methyl sites for hydroxylation is 1. The van der Waals surface area contributed by atoms with Crippen LogP contribution in [-0.4, -0.2) is 47.5 Å². The van der Waals surface area contributed by atoms with Crippen LogP contribution in [0.4, 0.5) is 4.39 Å². The normalized spacial score (nSPS) is 19.3. The number of nitrogens with one attached hydrogen (secondary N) is 1. The highest BCUT2D eigenvalue weighted by Crippen LogP contribution is 2.33. The fourth-order valence-corrected chi connectivity index (χ4v) is 4.60. The molecule has 6 heteroatoms. The van der Waals surface area contributed by atoms with Gasteiger partial charge in [0.15, 0.2) is 0 Å². The van der Waals surface area contributed by atoms with Gasteiger partial charge in [0.1, 0.15) is 5.82 Å². The number of rotatable bonds is 3. The molecule has 1 spiro atoms. The van der Waals surface area contributed by atoms with Crippen molar-refractivity contribution in [3.05, 3.63) is 70.0 Å². The average molecular weight is 402 g/mol. The highest BCUT2D eigenvalue weighted by molar-refractivity contribution is 6.34. The van der Waals surface area contributed by atoms with E-state index in [9.17, 15) is 9.18 Å². The Morgan fingerprint density at radius 2 is 1.86 bits per heavy atom. The van der Waals surface area contributed by atoms with Crippen LogP contribution in [0.3, 0.4) is 0 Å². The van der Waals surface area contributed by atoms with Crippen LogP contribution in [0.25, 0.3) is 0 Å². The predicted molar refractivity (Wildman–Crippen MR) is 109 cm³/mol. The van der Waals surface area contributed by atoms with Crippen LogP contribution in [0.5, 0.6) is 0 Å². The Balaban J connectivity index is 1.47. The molecule has 0 aliphatic carbocycles. The number of piperidine rings is 1. The van der Waals surface area contributed by atoms with Gasteiger partial charge < -0.3 is 4.90 Å². The van der Waals surface area contributed by atoms with Gasteiger partial charge in [0.05, 0.1) is 16.2 Å². The third kappa shape index (κ3) is 3.54. The molecule has 2 heterocycles. The fourth-order valence-electron chi connectivity index (χ4n) is 4.37. The zero-order chi connectivity index (χ0) is 19.7. The van der Waals surface area contributed by atoms with E-state index < -0.39 is 5.82 Å². The van der Waals surface area contributed by atoms with Crippen LogP contribution < -0.4 is 5.32 Å². The number of carbonyl (C=O) groups is 1. The molecule has 0 atom stereocenters. The Kier molecular flexibility index (Phi) is 5.41.